The van der Waals surface area contributed by atoms with Gasteiger partial charge in [-0.1, -0.05) is 0 Å². The van der Waals surface area contributed by atoms with E-state index in [2.05, 4.69) is 20.3 Å². The maximum absolute atomic E-state index is 11.9. The maximum atomic E-state index is 11.9. The van der Waals surface area contributed by atoms with E-state index >= 15 is 0 Å². The molecule has 3 heterocycles. The molecule has 26 heavy (non-hydrogen) atoms. The van der Waals surface area contributed by atoms with Crippen molar-refractivity contribution in [2.45, 2.75) is 25.5 Å². The zero-order chi connectivity index (χ0) is 18.1. The first-order chi connectivity index (χ1) is 12.6. The second-order valence-electron chi connectivity index (χ2n) is 6.90. The number of nitrogens with one attached hydrogen (secondary N) is 1. The molecule has 138 valence electrons. The molecular formula is C18H23N5O3. The first-order valence-corrected chi connectivity index (χ1v) is 9.01. The number of hydrogen-bond acceptors (Lipinski definition) is 6. The van der Waals surface area contributed by atoms with Crippen molar-refractivity contribution in [2.24, 2.45) is 0 Å². The maximum Gasteiger partial charge on any atom is 0.354 e. The van der Waals surface area contributed by atoms with Crippen molar-refractivity contribution in [1.29, 1.82) is 0 Å². The van der Waals surface area contributed by atoms with Gasteiger partial charge >= 0.3 is 5.97 Å². The van der Waals surface area contributed by atoms with Crippen LogP contribution in [0.1, 0.15) is 21.6 Å². The number of aromatic carboxylic acids is 1. The average Bonchev–Trinajstić information content (AvgIpc) is 3.01. The highest BCUT2D eigenvalue weighted by molar-refractivity contribution is 5.90. The van der Waals surface area contributed by atoms with Gasteiger partial charge in [-0.25, -0.2) is 4.79 Å². The Morgan fingerprint density at radius 1 is 1.27 bits per heavy atom. The van der Waals surface area contributed by atoms with Crippen LogP contribution in [0.5, 0.6) is 0 Å². The Bertz CT molecular complexity index is 813. The van der Waals surface area contributed by atoms with Gasteiger partial charge in [0.2, 0.25) is 0 Å². The second kappa shape index (κ2) is 7.14. The van der Waals surface area contributed by atoms with Crippen LogP contribution in [-0.2, 0) is 19.4 Å². The molecule has 0 aromatic carbocycles. The lowest BCUT2D eigenvalue weighted by atomic mass is 9.90. The van der Waals surface area contributed by atoms with E-state index in [1.807, 2.05) is 12.3 Å². The highest BCUT2D eigenvalue weighted by Crippen LogP contribution is 2.34. The molecule has 1 fully saturated rings. The lowest BCUT2D eigenvalue weighted by molar-refractivity contribution is 0.0660. The number of carbonyl (C=O) groups is 1. The number of aryl methyl sites for hydroxylation is 1. The molecule has 3 N–H and O–H groups in total. The fourth-order valence-corrected chi connectivity index (χ4v) is 3.89. The van der Waals surface area contributed by atoms with E-state index in [0.717, 1.165) is 49.3 Å². The number of rotatable bonds is 5. The molecule has 0 amide bonds. The number of aliphatic hydroxyl groups is 1. The van der Waals surface area contributed by atoms with Gasteiger partial charge in [-0.05, 0) is 24.5 Å². The smallest absolute Gasteiger partial charge is 0.354 e. The van der Waals surface area contributed by atoms with Gasteiger partial charge in [0, 0.05) is 56.2 Å². The zero-order valence-corrected chi connectivity index (χ0v) is 14.6. The lowest BCUT2D eigenvalue weighted by Gasteiger charge is -2.29. The van der Waals surface area contributed by atoms with Crippen molar-refractivity contribution < 1.29 is 15.0 Å². The molecule has 8 nitrogen and oxygen atoms in total. The summed E-state index contributed by atoms with van der Waals surface area (Å²) in [4.78, 5) is 18.2. The predicted octanol–water partition coefficient (Wildman–Crippen LogP) is 0.00800. The quantitative estimate of drug-likeness (QED) is 0.692. The Kier molecular flexibility index (Phi) is 4.71. The Hall–Kier alpha value is -2.29. The monoisotopic (exact) mass is 357 g/mol. The highest BCUT2D eigenvalue weighted by atomic mass is 16.4. The fourth-order valence-electron chi connectivity index (χ4n) is 3.89. The molecule has 1 aliphatic heterocycles. The van der Waals surface area contributed by atoms with Gasteiger partial charge < -0.3 is 15.5 Å². The Morgan fingerprint density at radius 3 is 2.85 bits per heavy atom. The van der Waals surface area contributed by atoms with Gasteiger partial charge in [-0.2, -0.15) is 5.10 Å². The normalized spacial score (nSPS) is 18.2. The number of nitrogens with zero attached hydrogens (tertiary/aromatic N) is 4. The number of piperazine rings is 1. The summed E-state index contributed by atoms with van der Waals surface area (Å²) in [7, 11) is 0. The minimum atomic E-state index is -0.995. The summed E-state index contributed by atoms with van der Waals surface area (Å²) in [5, 5.41) is 28.1. The molecule has 0 radical (unpaired) electrons. The number of aliphatic hydroxyl groups excluding tert-OH is 1. The van der Waals surface area contributed by atoms with E-state index in [-0.39, 0.29) is 12.2 Å². The number of aromatic nitrogens is 3. The van der Waals surface area contributed by atoms with Crippen LogP contribution in [0.25, 0.3) is 11.3 Å². The van der Waals surface area contributed by atoms with Crippen LogP contribution in [-0.4, -0.2) is 74.7 Å². The van der Waals surface area contributed by atoms with Gasteiger partial charge in [-0.15, -0.1) is 0 Å². The van der Waals surface area contributed by atoms with Gasteiger partial charge in [0.1, 0.15) is 5.69 Å². The van der Waals surface area contributed by atoms with Crippen molar-refractivity contribution in [3.8, 4) is 11.3 Å². The summed E-state index contributed by atoms with van der Waals surface area (Å²) in [6.45, 7) is 4.30. The first kappa shape index (κ1) is 17.1. The van der Waals surface area contributed by atoms with Crippen molar-refractivity contribution in [1.82, 2.24) is 25.0 Å². The first-order valence-electron chi connectivity index (χ1n) is 9.01. The minimum absolute atomic E-state index is 0.180. The largest absolute Gasteiger partial charge is 0.477 e. The molecule has 0 spiro atoms. The molecule has 0 saturated carbocycles. The Balaban J connectivity index is 1.60. The molecular weight excluding hydrogens is 334 g/mol. The van der Waals surface area contributed by atoms with Crippen molar-refractivity contribution in [3.63, 3.8) is 0 Å². The number of pyridine rings is 1. The van der Waals surface area contributed by atoms with Gasteiger partial charge in [0.25, 0.3) is 0 Å². The Morgan fingerprint density at radius 2 is 2.08 bits per heavy atom. The Labute approximate surface area is 151 Å². The molecule has 2 aromatic heterocycles. The van der Waals surface area contributed by atoms with Crippen LogP contribution < -0.4 is 5.32 Å². The van der Waals surface area contributed by atoms with Crippen LogP contribution >= 0.6 is 0 Å². The van der Waals surface area contributed by atoms with Crippen molar-refractivity contribution in [2.75, 3.05) is 32.7 Å². The van der Waals surface area contributed by atoms with Crippen molar-refractivity contribution in [3.05, 3.63) is 35.3 Å². The molecule has 1 aliphatic carbocycles. The molecule has 8 heteroatoms. The summed E-state index contributed by atoms with van der Waals surface area (Å²) in [6.07, 6.45) is 4.24. The summed E-state index contributed by atoms with van der Waals surface area (Å²) in [6, 6.07) is 1.88. The van der Waals surface area contributed by atoms with Crippen LogP contribution in [0.4, 0.5) is 0 Å². The van der Waals surface area contributed by atoms with Crippen LogP contribution in [0.2, 0.25) is 0 Å². The molecule has 4 rings (SSSR count). The molecule has 1 unspecified atom stereocenters. The summed E-state index contributed by atoms with van der Waals surface area (Å²) in [5.74, 6) is -0.995. The van der Waals surface area contributed by atoms with Gasteiger partial charge in [-0.3, -0.25) is 14.6 Å². The van der Waals surface area contributed by atoms with Gasteiger partial charge in [0.05, 0.1) is 18.3 Å². The number of carboxylic acids is 1. The van der Waals surface area contributed by atoms with E-state index in [1.165, 1.54) is 4.68 Å². The zero-order valence-electron chi connectivity index (χ0n) is 14.6. The van der Waals surface area contributed by atoms with Gasteiger partial charge in [0.15, 0.2) is 0 Å². The second-order valence-corrected chi connectivity index (χ2v) is 6.90. The van der Waals surface area contributed by atoms with Crippen LogP contribution in [0, 0.1) is 0 Å². The van der Waals surface area contributed by atoms with Crippen LogP contribution in [0.3, 0.4) is 0 Å². The summed E-state index contributed by atoms with van der Waals surface area (Å²) < 4.78 is 1.47. The van der Waals surface area contributed by atoms with E-state index < -0.39 is 12.1 Å². The predicted molar refractivity (Wildman–Crippen MR) is 95.1 cm³/mol. The van der Waals surface area contributed by atoms with Crippen LogP contribution in [0.15, 0.2) is 18.5 Å². The van der Waals surface area contributed by atoms with E-state index in [9.17, 15) is 15.0 Å². The molecule has 1 atom stereocenters. The van der Waals surface area contributed by atoms with Crippen molar-refractivity contribution >= 4 is 5.97 Å². The number of hydrogen-bond donors (Lipinski definition) is 3. The molecule has 2 aromatic rings. The third-order valence-corrected chi connectivity index (χ3v) is 5.12. The lowest BCUT2D eigenvalue weighted by Crippen LogP contribution is -2.47. The summed E-state index contributed by atoms with van der Waals surface area (Å²) in [5.41, 5.74) is 3.69. The number of fused-ring (bicyclic) bond motifs is 3. The van der Waals surface area contributed by atoms with E-state index in [0.29, 0.717) is 18.7 Å². The highest BCUT2D eigenvalue weighted by Gasteiger charge is 2.29. The fraction of sp³-hybridized carbons (Fsp3) is 0.500. The third-order valence-electron chi connectivity index (χ3n) is 5.12. The number of carboxylic acid groups (broad SMARTS) is 1. The third kappa shape index (κ3) is 3.23. The molecule has 0 bridgehead atoms. The summed E-state index contributed by atoms with van der Waals surface area (Å²) >= 11 is 0. The average molecular weight is 357 g/mol. The van der Waals surface area contributed by atoms with E-state index in [1.54, 1.807) is 6.20 Å². The standard InChI is InChI=1S/C18H23N5O3/c24-13(10-22-7-5-19-6-8-22)11-23-17(18(25)26)15-2-1-12-9-20-4-3-14(12)16(15)21-23/h3-4,9,13,19,24H,1-2,5-8,10-11H2,(H,25,26). The molecule has 1 saturated heterocycles. The SMILES string of the molecule is O=C(O)c1c2c(nn1CC(O)CN1CCNCC1)-c1ccncc1CC2. The topological polar surface area (TPSA) is 104 Å². The van der Waals surface area contributed by atoms with E-state index in [4.69, 9.17) is 0 Å². The molecule has 2 aliphatic rings. The minimum Gasteiger partial charge on any atom is -0.477 e. The number of β-amino-alcohol motifs (C(OH)–C–C–N with tert-alkyl or cyclic N) is 1.